The summed E-state index contributed by atoms with van der Waals surface area (Å²) in [5.41, 5.74) is 0.737. The Kier molecular flexibility index (Phi) is 5.61. The summed E-state index contributed by atoms with van der Waals surface area (Å²) in [4.78, 5) is 13.3. The minimum absolute atomic E-state index is 0.737. The third-order valence-corrected chi connectivity index (χ3v) is 2.41. The molecular weight excluding hydrogens is 201 g/mol. The lowest BCUT2D eigenvalue weighted by Gasteiger charge is -2.07. The Morgan fingerprint density at radius 2 is 2.25 bits per heavy atom. The van der Waals surface area contributed by atoms with Crippen molar-refractivity contribution in [1.29, 1.82) is 0 Å². The van der Waals surface area contributed by atoms with Crippen molar-refractivity contribution in [3.63, 3.8) is 0 Å². The second-order valence-corrected chi connectivity index (χ2v) is 4.82. The van der Waals surface area contributed by atoms with Gasteiger partial charge in [-0.25, -0.2) is 4.99 Å². The highest BCUT2D eigenvalue weighted by Gasteiger charge is 2.13. The summed E-state index contributed by atoms with van der Waals surface area (Å²) in [6.45, 7) is 0.435. The van der Waals surface area contributed by atoms with E-state index in [0.29, 0.717) is 0 Å². The van der Waals surface area contributed by atoms with Gasteiger partial charge in [0.25, 0.3) is 0 Å². The molecule has 0 aliphatic heterocycles. The van der Waals surface area contributed by atoms with E-state index in [1.54, 1.807) is 6.92 Å². The zero-order valence-corrected chi connectivity index (χ0v) is 8.89. The van der Waals surface area contributed by atoms with Crippen LogP contribution in [0.15, 0.2) is 5.16 Å². The van der Waals surface area contributed by atoms with Crippen molar-refractivity contribution >= 4 is 24.2 Å². The summed E-state index contributed by atoms with van der Waals surface area (Å²) in [5.74, 6) is 0. The van der Waals surface area contributed by atoms with Gasteiger partial charge in [-0.1, -0.05) is 16.8 Å². The van der Waals surface area contributed by atoms with Crippen molar-refractivity contribution in [1.82, 2.24) is 0 Å². The Bertz CT molecular complexity index is 208. The van der Waals surface area contributed by atoms with Crippen LogP contribution >= 0.6 is 6.72 Å². The first kappa shape index (κ1) is 12.0. The van der Waals surface area contributed by atoms with Crippen molar-refractivity contribution in [3.05, 3.63) is 0 Å². The van der Waals surface area contributed by atoms with E-state index in [4.69, 9.17) is 4.89 Å². The summed E-state index contributed by atoms with van der Waals surface area (Å²) >= 11 is 4.46. The monoisotopic (exact) mass is 213 g/mol. The highest BCUT2D eigenvalue weighted by Crippen LogP contribution is 2.42. The maximum Gasteiger partial charge on any atom is 0.367 e. The molecular formula is C5H12NO4PS. The van der Waals surface area contributed by atoms with E-state index in [-0.39, 0.29) is 0 Å². The molecule has 0 radical (unpaired) electrons. The lowest BCUT2D eigenvalue weighted by atomic mass is 10.3. The standard InChI is InChI=1S/C5H12NO4PS/c1-4-5(2)6-9-10-11(7,12)8-3/h4H2,1-3H3,(H,7,12). The fraction of sp³-hybridized carbons (Fsp3) is 0.800. The fourth-order valence-electron chi connectivity index (χ4n) is 0.217. The Labute approximate surface area is 76.5 Å². The number of hydrogen-bond donors (Lipinski definition) is 1. The Balaban J connectivity index is 3.77. The third kappa shape index (κ3) is 5.62. The second-order valence-electron chi connectivity index (χ2n) is 1.98. The fourth-order valence-corrected chi connectivity index (χ4v) is 0.477. The van der Waals surface area contributed by atoms with E-state index >= 15 is 0 Å². The molecule has 0 aromatic heterocycles. The van der Waals surface area contributed by atoms with Crippen LogP contribution in [0.3, 0.4) is 0 Å². The molecule has 5 nitrogen and oxygen atoms in total. The Hall–Kier alpha value is -0.0000000000000000763. The van der Waals surface area contributed by atoms with Gasteiger partial charge in [0.2, 0.25) is 0 Å². The molecule has 0 aliphatic carbocycles. The summed E-state index contributed by atoms with van der Waals surface area (Å²) in [6, 6.07) is 0. The lowest BCUT2D eigenvalue weighted by molar-refractivity contribution is -0.215. The van der Waals surface area contributed by atoms with Crippen molar-refractivity contribution in [2.24, 2.45) is 5.16 Å². The van der Waals surface area contributed by atoms with Gasteiger partial charge >= 0.3 is 6.72 Å². The minimum Gasteiger partial charge on any atom is -0.322 e. The van der Waals surface area contributed by atoms with Crippen LogP contribution < -0.4 is 0 Å². The van der Waals surface area contributed by atoms with Crippen molar-refractivity contribution in [3.8, 4) is 0 Å². The molecule has 12 heavy (non-hydrogen) atoms. The highest BCUT2D eigenvalue weighted by atomic mass is 32.5. The van der Waals surface area contributed by atoms with E-state index in [1.807, 2.05) is 6.92 Å². The van der Waals surface area contributed by atoms with Gasteiger partial charge in [0.05, 0.1) is 5.71 Å². The molecule has 72 valence electrons. The summed E-state index contributed by atoms with van der Waals surface area (Å²) in [7, 11) is 1.24. The minimum atomic E-state index is -3.24. The average molecular weight is 213 g/mol. The second kappa shape index (κ2) is 5.61. The van der Waals surface area contributed by atoms with Gasteiger partial charge in [-0.2, -0.15) is 0 Å². The predicted molar refractivity (Wildman–Crippen MR) is 49.1 cm³/mol. The molecule has 0 aromatic rings. The first-order valence-corrected chi connectivity index (χ1v) is 5.88. The third-order valence-electron chi connectivity index (χ3n) is 1.06. The largest absolute Gasteiger partial charge is 0.367 e. The van der Waals surface area contributed by atoms with Crippen LogP contribution in [0.2, 0.25) is 0 Å². The zero-order chi connectivity index (χ0) is 9.61. The number of oxime groups is 1. The summed E-state index contributed by atoms with van der Waals surface area (Å²) in [6.07, 6.45) is 0.741. The van der Waals surface area contributed by atoms with Crippen molar-refractivity contribution in [2.75, 3.05) is 7.11 Å². The molecule has 1 atom stereocenters. The Morgan fingerprint density at radius 3 is 2.67 bits per heavy atom. The van der Waals surface area contributed by atoms with E-state index < -0.39 is 6.72 Å². The van der Waals surface area contributed by atoms with E-state index in [1.165, 1.54) is 7.11 Å². The first-order chi connectivity index (χ1) is 5.52. The molecule has 0 saturated carbocycles. The van der Waals surface area contributed by atoms with Gasteiger partial charge in [-0.15, -0.1) is 0 Å². The van der Waals surface area contributed by atoms with Crippen molar-refractivity contribution in [2.45, 2.75) is 20.3 Å². The molecule has 7 heteroatoms. The average Bonchev–Trinajstić information content (AvgIpc) is 2.04. The van der Waals surface area contributed by atoms with Gasteiger partial charge in [-0.05, 0) is 25.2 Å². The molecule has 0 bridgehead atoms. The number of hydrogen-bond acceptors (Lipinski definition) is 5. The SMILES string of the molecule is CCC(C)=NOOP(O)(=S)OC. The summed E-state index contributed by atoms with van der Waals surface area (Å²) < 4.78 is 8.74. The van der Waals surface area contributed by atoms with Crippen LogP contribution in [-0.4, -0.2) is 17.7 Å². The van der Waals surface area contributed by atoms with Gasteiger partial charge in [0.15, 0.2) is 0 Å². The lowest BCUT2D eigenvalue weighted by Crippen LogP contribution is -1.93. The van der Waals surface area contributed by atoms with Crippen LogP contribution in [-0.2, 0) is 26.0 Å². The van der Waals surface area contributed by atoms with Crippen LogP contribution in [0.4, 0.5) is 0 Å². The quantitative estimate of drug-likeness (QED) is 0.325. The molecule has 0 rings (SSSR count). The van der Waals surface area contributed by atoms with Crippen LogP contribution in [0, 0.1) is 0 Å². The molecule has 0 heterocycles. The van der Waals surface area contributed by atoms with Crippen molar-refractivity contribution < 1.29 is 19.1 Å². The van der Waals surface area contributed by atoms with Crippen LogP contribution in [0.5, 0.6) is 0 Å². The van der Waals surface area contributed by atoms with Gasteiger partial charge in [0.1, 0.15) is 0 Å². The van der Waals surface area contributed by atoms with E-state index in [9.17, 15) is 0 Å². The summed E-state index contributed by atoms with van der Waals surface area (Å²) in [5, 5.41) is 3.49. The van der Waals surface area contributed by atoms with Crippen LogP contribution in [0.1, 0.15) is 20.3 Å². The molecule has 0 fully saturated rings. The maximum absolute atomic E-state index is 9.00. The number of rotatable bonds is 5. The molecule has 0 saturated heterocycles. The topological polar surface area (TPSA) is 60.3 Å². The maximum atomic E-state index is 9.00. The molecule has 0 spiro atoms. The number of nitrogens with zero attached hydrogens (tertiary/aromatic N) is 1. The van der Waals surface area contributed by atoms with Crippen LogP contribution in [0.25, 0.3) is 0 Å². The van der Waals surface area contributed by atoms with Gasteiger partial charge in [0, 0.05) is 7.11 Å². The smallest absolute Gasteiger partial charge is 0.322 e. The highest BCUT2D eigenvalue weighted by molar-refractivity contribution is 8.07. The molecule has 0 aromatic carbocycles. The molecule has 1 unspecified atom stereocenters. The molecule has 0 aliphatic rings. The predicted octanol–water partition coefficient (Wildman–Crippen LogP) is 1.58. The van der Waals surface area contributed by atoms with Gasteiger partial charge < -0.3 is 9.42 Å². The van der Waals surface area contributed by atoms with E-state index in [2.05, 4.69) is 31.1 Å². The zero-order valence-electron chi connectivity index (χ0n) is 7.18. The van der Waals surface area contributed by atoms with Gasteiger partial charge in [-0.3, -0.25) is 0 Å². The molecule has 1 N–H and O–H groups in total. The normalized spacial score (nSPS) is 17.2. The Morgan fingerprint density at radius 1 is 1.67 bits per heavy atom. The molecule has 0 amide bonds. The first-order valence-electron chi connectivity index (χ1n) is 3.29. The van der Waals surface area contributed by atoms with E-state index in [0.717, 1.165) is 12.1 Å².